The van der Waals surface area contributed by atoms with Crippen molar-refractivity contribution >= 4 is 26.0 Å². The van der Waals surface area contributed by atoms with Crippen molar-refractivity contribution in [2.45, 2.75) is 51.0 Å². The van der Waals surface area contributed by atoms with Crippen molar-refractivity contribution < 1.29 is 13.2 Å². The normalized spacial score (nSPS) is 12.1. The summed E-state index contributed by atoms with van der Waals surface area (Å²) in [5.74, 6) is 0.621. The Hall–Kier alpha value is -0.590. The second-order valence-corrected chi connectivity index (χ2v) is 7.96. The van der Waals surface area contributed by atoms with Gasteiger partial charge in [0.05, 0.1) is 16.5 Å². The molecule has 0 aromatic heterocycles. The van der Waals surface area contributed by atoms with Crippen LogP contribution in [0.5, 0.6) is 5.75 Å². The predicted molar refractivity (Wildman–Crippen MR) is 89.2 cm³/mol. The molecule has 0 spiro atoms. The lowest BCUT2D eigenvalue weighted by atomic mass is 10.2. The maximum Gasteiger partial charge on any atom is 0.243 e. The van der Waals surface area contributed by atoms with Gasteiger partial charge >= 0.3 is 0 Å². The van der Waals surface area contributed by atoms with Crippen LogP contribution in [0.3, 0.4) is 0 Å². The minimum Gasteiger partial charge on any atom is -0.496 e. The van der Waals surface area contributed by atoms with Gasteiger partial charge in [0.25, 0.3) is 0 Å². The van der Waals surface area contributed by atoms with Gasteiger partial charge in [0.2, 0.25) is 10.0 Å². The van der Waals surface area contributed by atoms with Gasteiger partial charge in [-0.2, -0.15) is 4.31 Å². The molecule has 0 aliphatic carbocycles. The summed E-state index contributed by atoms with van der Waals surface area (Å²) in [5.41, 5.74) is 0. The second kappa shape index (κ2) is 8.15. The SMILES string of the molecule is CCCCCN(C(C)C)S(=O)(=O)c1ccc(OC)c(Br)c1. The first-order chi connectivity index (χ1) is 9.84. The summed E-state index contributed by atoms with van der Waals surface area (Å²) in [6, 6.07) is 4.80. The highest BCUT2D eigenvalue weighted by Gasteiger charge is 2.27. The van der Waals surface area contributed by atoms with Gasteiger partial charge in [-0.15, -0.1) is 0 Å². The van der Waals surface area contributed by atoms with Gasteiger partial charge in [-0.3, -0.25) is 0 Å². The fourth-order valence-electron chi connectivity index (χ4n) is 2.12. The fraction of sp³-hybridized carbons (Fsp3) is 0.600. The van der Waals surface area contributed by atoms with E-state index in [-0.39, 0.29) is 6.04 Å². The van der Waals surface area contributed by atoms with E-state index in [1.54, 1.807) is 29.6 Å². The van der Waals surface area contributed by atoms with E-state index in [0.29, 0.717) is 21.7 Å². The Bertz CT molecular complexity index is 558. The van der Waals surface area contributed by atoms with Crippen molar-refractivity contribution in [1.29, 1.82) is 0 Å². The summed E-state index contributed by atoms with van der Waals surface area (Å²) in [5, 5.41) is 0. The van der Waals surface area contributed by atoms with Crippen LogP contribution in [0.15, 0.2) is 27.6 Å². The number of methoxy groups -OCH3 is 1. The Morgan fingerprint density at radius 3 is 2.43 bits per heavy atom. The molecule has 0 fully saturated rings. The molecule has 0 amide bonds. The largest absolute Gasteiger partial charge is 0.496 e. The molecule has 6 heteroatoms. The molecular formula is C15H24BrNO3S. The molecule has 0 bridgehead atoms. The van der Waals surface area contributed by atoms with Crippen LogP contribution in [-0.4, -0.2) is 32.4 Å². The number of nitrogens with zero attached hydrogens (tertiary/aromatic N) is 1. The number of sulfonamides is 1. The molecule has 21 heavy (non-hydrogen) atoms. The number of hydrogen-bond acceptors (Lipinski definition) is 3. The molecule has 0 N–H and O–H groups in total. The second-order valence-electron chi connectivity index (χ2n) is 5.21. The van der Waals surface area contributed by atoms with E-state index >= 15 is 0 Å². The van der Waals surface area contributed by atoms with Crippen LogP contribution in [0.25, 0.3) is 0 Å². The van der Waals surface area contributed by atoms with Crippen molar-refractivity contribution in [1.82, 2.24) is 4.31 Å². The van der Waals surface area contributed by atoms with Gasteiger partial charge in [-0.25, -0.2) is 8.42 Å². The Labute approximate surface area is 136 Å². The standard InChI is InChI=1S/C15H24BrNO3S/c1-5-6-7-10-17(12(2)3)21(18,19)13-8-9-15(20-4)14(16)11-13/h8-9,11-12H,5-7,10H2,1-4H3. The first-order valence-corrected chi connectivity index (χ1v) is 9.43. The molecule has 0 atom stereocenters. The highest BCUT2D eigenvalue weighted by atomic mass is 79.9. The maximum absolute atomic E-state index is 12.8. The smallest absolute Gasteiger partial charge is 0.243 e. The summed E-state index contributed by atoms with van der Waals surface area (Å²) < 4.78 is 32.9. The highest BCUT2D eigenvalue weighted by molar-refractivity contribution is 9.10. The molecule has 0 saturated heterocycles. The third-order valence-corrected chi connectivity index (χ3v) is 5.98. The van der Waals surface area contributed by atoms with Crippen LogP contribution in [0.1, 0.15) is 40.0 Å². The van der Waals surface area contributed by atoms with E-state index in [0.717, 1.165) is 19.3 Å². The topological polar surface area (TPSA) is 46.6 Å². The lowest BCUT2D eigenvalue weighted by Crippen LogP contribution is -2.37. The van der Waals surface area contributed by atoms with E-state index < -0.39 is 10.0 Å². The van der Waals surface area contributed by atoms with Crippen molar-refractivity contribution in [3.05, 3.63) is 22.7 Å². The molecule has 1 aromatic rings. The van der Waals surface area contributed by atoms with Crippen molar-refractivity contribution in [2.24, 2.45) is 0 Å². The van der Waals surface area contributed by atoms with Crippen molar-refractivity contribution in [3.63, 3.8) is 0 Å². The molecular weight excluding hydrogens is 354 g/mol. The molecule has 0 unspecified atom stereocenters. The van der Waals surface area contributed by atoms with Crippen LogP contribution in [0, 0.1) is 0 Å². The first-order valence-electron chi connectivity index (χ1n) is 7.20. The summed E-state index contributed by atoms with van der Waals surface area (Å²) >= 11 is 3.34. The molecule has 4 nitrogen and oxygen atoms in total. The summed E-state index contributed by atoms with van der Waals surface area (Å²) in [7, 11) is -1.93. The third-order valence-electron chi connectivity index (χ3n) is 3.29. The average molecular weight is 378 g/mol. The van der Waals surface area contributed by atoms with E-state index in [1.165, 1.54) is 0 Å². The molecule has 0 heterocycles. The van der Waals surface area contributed by atoms with Gasteiger partial charge in [0.1, 0.15) is 5.75 Å². The number of ether oxygens (including phenoxy) is 1. The van der Waals surface area contributed by atoms with E-state index in [9.17, 15) is 8.42 Å². The van der Waals surface area contributed by atoms with Gasteiger partial charge in [0, 0.05) is 12.6 Å². The zero-order valence-electron chi connectivity index (χ0n) is 13.1. The van der Waals surface area contributed by atoms with Crippen LogP contribution in [-0.2, 0) is 10.0 Å². The number of unbranched alkanes of at least 4 members (excludes halogenated alkanes) is 2. The number of hydrogen-bond donors (Lipinski definition) is 0. The first kappa shape index (κ1) is 18.5. The third kappa shape index (κ3) is 4.69. The van der Waals surface area contributed by atoms with Crippen LogP contribution < -0.4 is 4.74 Å². The molecule has 120 valence electrons. The van der Waals surface area contributed by atoms with Crippen molar-refractivity contribution in [3.8, 4) is 5.75 Å². The van der Waals surface area contributed by atoms with Crippen LogP contribution >= 0.6 is 15.9 Å². The molecule has 0 radical (unpaired) electrons. The van der Waals surface area contributed by atoms with Gasteiger partial charge in [-0.1, -0.05) is 19.8 Å². The highest BCUT2D eigenvalue weighted by Crippen LogP contribution is 2.29. The lowest BCUT2D eigenvalue weighted by molar-refractivity contribution is 0.345. The van der Waals surface area contributed by atoms with E-state index in [1.807, 2.05) is 13.8 Å². The Kier molecular flexibility index (Phi) is 7.16. The lowest BCUT2D eigenvalue weighted by Gasteiger charge is -2.26. The molecule has 0 aliphatic heterocycles. The number of halogens is 1. The predicted octanol–water partition coefficient (Wildman–Crippen LogP) is 4.05. The zero-order valence-corrected chi connectivity index (χ0v) is 15.5. The average Bonchev–Trinajstić information content (AvgIpc) is 2.42. The Morgan fingerprint density at radius 1 is 1.29 bits per heavy atom. The Balaban J connectivity index is 3.08. The number of benzene rings is 1. The summed E-state index contributed by atoms with van der Waals surface area (Å²) in [6.45, 7) is 6.47. The van der Waals surface area contributed by atoms with Crippen molar-refractivity contribution in [2.75, 3.05) is 13.7 Å². The van der Waals surface area contributed by atoms with Crippen LogP contribution in [0.4, 0.5) is 0 Å². The van der Waals surface area contributed by atoms with E-state index in [4.69, 9.17) is 4.74 Å². The molecule has 0 saturated carbocycles. The quantitative estimate of drug-likeness (QED) is 0.642. The zero-order chi connectivity index (χ0) is 16.0. The minimum absolute atomic E-state index is 0.0623. The summed E-state index contributed by atoms with van der Waals surface area (Å²) in [4.78, 5) is 0.292. The monoisotopic (exact) mass is 377 g/mol. The summed E-state index contributed by atoms with van der Waals surface area (Å²) in [6.07, 6.45) is 2.98. The Morgan fingerprint density at radius 2 is 1.95 bits per heavy atom. The molecule has 0 aliphatic rings. The molecule has 1 aromatic carbocycles. The molecule has 1 rings (SSSR count). The fourth-order valence-corrected chi connectivity index (χ4v) is 4.51. The van der Waals surface area contributed by atoms with Crippen LogP contribution in [0.2, 0.25) is 0 Å². The van der Waals surface area contributed by atoms with Gasteiger partial charge in [-0.05, 0) is 54.4 Å². The van der Waals surface area contributed by atoms with Gasteiger partial charge in [0.15, 0.2) is 0 Å². The minimum atomic E-state index is -3.48. The number of rotatable bonds is 8. The maximum atomic E-state index is 12.8. The van der Waals surface area contributed by atoms with E-state index in [2.05, 4.69) is 22.9 Å². The van der Waals surface area contributed by atoms with Gasteiger partial charge < -0.3 is 4.74 Å².